The molecule has 1 rings (SSSR count). The van der Waals surface area contributed by atoms with Crippen molar-refractivity contribution >= 4 is 5.97 Å². The molecule has 0 saturated heterocycles. The first-order valence-corrected chi connectivity index (χ1v) is 5.86. The van der Waals surface area contributed by atoms with E-state index in [1.54, 1.807) is 0 Å². The topological polar surface area (TPSA) is 66.8 Å². The van der Waals surface area contributed by atoms with Crippen LogP contribution in [0.5, 0.6) is 5.75 Å². The van der Waals surface area contributed by atoms with Crippen LogP contribution in [0.3, 0.4) is 0 Å². The summed E-state index contributed by atoms with van der Waals surface area (Å²) >= 11 is 0. The van der Waals surface area contributed by atoms with E-state index < -0.39 is 17.5 Å². The van der Waals surface area contributed by atoms with Crippen molar-refractivity contribution in [2.45, 2.75) is 31.8 Å². The third-order valence-corrected chi connectivity index (χ3v) is 2.91. The van der Waals surface area contributed by atoms with Gasteiger partial charge in [0, 0.05) is 0 Å². The molecule has 0 fully saturated rings. The third kappa shape index (κ3) is 2.68. The number of alkyl halides is 2. The SMILES string of the molecule is CCOC(=O)C(F)(F)C(O)(CC)c1ccc(O)cc1. The molecule has 0 bridgehead atoms. The predicted octanol–water partition coefficient (Wildman–Crippen LogP) is 2.19. The molecule has 1 atom stereocenters. The average molecular weight is 274 g/mol. The summed E-state index contributed by atoms with van der Waals surface area (Å²) in [6, 6.07) is 4.62. The fraction of sp³-hybridized carbons (Fsp3) is 0.462. The number of hydrogen-bond donors (Lipinski definition) is 2. The number of halogens is 2. The van der Waals surface area contributed by atoms with Crippen LogP contribution in [0.1, 0.15) is 25.8 Å². The maximum atomic E-state index is 14.1. The lowest BCUT2D eigenvalue weighted by Crippen LogP contribution is -2.51. The van der Waals surface area contributed by atoms with Gasteiger partial charge in [-0.3, -0.25) is 0 Å². The molecule has 2 N–H and O–H groups in total. The normalized spacial score (nSPS) is 14.8. The van der Waals surface area contributed by atoms with E-state index in [-0.39, 0.29) is 24.3 Å². The lowest BCUT2D eigenvalue weighted by Gasteiger charge is -2.33. The third-order valence-electron chi connectivity index (χ3n) is 2.91. The molecule has 1 unspecified atom stereocenters. The molecular formula is C13H16F2O4. The van der Waals surface area contributed by atoms with E-state index in [0.717, 1.165) is 24.3 Å². The fourth-order valence-electron chi connectivity index (χ4n) is 1.74. The number of carbonyl (C=O) groups is 1. The van der Waals surface area contributed by atoms with Crippen molar-refractivity contribution in [3.8, 4) is 5.75 Å². The van der Waals surface area contributed by atoms with Gasteiger partial charge in [0.15, 0.2) is 5.60 Å². The maximum absolute atomic E-state index is 14.1. The molecule has 0 aliphatic heterocycles. The molecule has 0 radical (unpaired) electrons. The van der Waals surface area contributed by atoms with E-state index in [0.29, 0.717) is 0 Å². The van der Waals surface area contributed by atoms with Gasteiger partial charge >= 0.3 is 11.9 Å². The number of benzene rings is 1. The average Bonchev–Trinajstić information content (AvgIpc) is 2.38. The van der Waals surface area contributed by atoms with Crippen LogP contribution in [-0.4, -0.2) is 28.7 Å². The van der Waals surface area contributed by atoms with Gasteiger partial charge < -0.3 is 14.9 Å². The number of phenolic OH excluding ortho intramolecular Hbond substituents is 1. The Morgan fingerprint density at radius 1 is 1.26 bits per heavy atom. The molecule has 6 heteroatoms. The summed E-state index contributed by atoms with van der Waals surface area (Å²) in [5.41, 5.74) is -2.83. The molecule has 4 nitrogen and oxygen atoms in total. The molecule has 1 aromatic carbocycles. The molecule has 0 spiro atoms. The summed E-state index contributed by atoms with van der Waals surface area (Å²) in [4.78, 5) is 11.3. The zero-order valence-corrected chi connectivity index (χ0v) is 10.7. The smallest absolute Gasteiger partial charge is 0.380 e. The second-order valence-corrected chi connectivity index (χ2v) is 4.06. The summed E-state index contributed by atoms with van der Waals surface area (Å²) in [6.07, 6.45) is -0.385. The van der Waals surface area contributed by atoms with Gasteiger partial charge in [-0.15, -0.1) is 0 Å². The Morgan fingerprint density at radius 2 is 1.79 bits per heavy atom. The van der Waals surface area contributed by atoms with E-state index in [2.05, 4.69) is 4.74 Å². The van der Waals surface area contributed by atoms with Crippen molar-refractivity contribution < 1.29 is 28.5 Å². The van der Waals surface area contributed by atoms with E-state index >= 15 is 0 Å². The number of phenols is 1. The number of carbonyl (C=O) groups excluding carboxylic acids is 1. The van der Waals surface area contributed by atoms with Gasteiger partial charge in [-0.1, -0.05) is 19.1 Å². The second-order valence-electron chi connectivity index (χ2n) is 4.06. The van der Waals surface area contributed by atoms with Crippen molar-refractivity contribution in [2.24, 2.45) is 0 Å². The van der Waals surface area contributed by atoms with Crippen LogP contribution in [-0.2, 0) is 15.1 Å². The Balaban J connectivity index is 3.22. The first kappa shape index (κ1) is 15.4. The van der Waals surface area contributed by atoms with E-state index in [1.165, 1.54) is 13.8 Å². The van der Waals surface area contributed by atoms with Crippen LogP contribution in [0, 0.1) is 0 Å². The molecule has 0 aliphatic rings. The number of aliphatic hydroxyl groups is 1. The van der Waals surface area contributed by atoms with Crippen molar-refractivity contribution in [1.82, 2.24) is 0 Å². The van der Waals surface area contributed by atoms with Crippen LogP contribution in [0.15, 0.2) is 24.3 Å². The van der Waals surface area contributed by atoms with Crippen molar-refractivity contribution in [2.75, 3.05) is 6.61 Å². The molecule has 0 heterocycles. The van der Waals surface area contributed by atoms with Gasteiger partial charge in [0.05, 0.1) is 6.61 Å². The highest BCUT2D eigenvalue weighted by atomic mass is 19.3. The summed E-state index contributed by atoms with van der Waals surface area (Å²) in [6.45, 7) is 2.53. The molecule has 0 saturated carbocycles. The minimum atomic E-state index is -4.07. The molecule has 0 aromatic heterocycles. The first-order valence-electron chi connectivity index (χ1n) is 5.86. The summed E-state index contributed by atoms with van der Waals surface area (Å²) in [7, 11) is 0. The zero-order chi connectivity index (χ0) is 14.7. The Bertz CT molecular complexity index is 444. The lowest BCUT2D eigenvalue weighted by atomic mass is 9.84. The second kappa shape index (κ2) is 5.52. The molecule has 19 heavy (non-hydrogen) atoms. The fourth-order valence-corrected chi connectivity index (χ4v) is 1.74. The van der Waals surface area contributed by atoms with Gasteiger partial charge in [-0.05, 0) is 31.0 Å². The largest absolute Gasteiger partial charge is 0.508 e. The molecule has 0 amide bonds. The highest BCUT2D eigenvalue weighted by Crippen LogP contribution is 2.41. The minimum absolute atomic E-state index is 0.123. The van der Waals surface area contributed by atoms with Crippen LogP contribution >= 0.6 is 0 Å². The first-order chi connectivity index (χ1) is 8.79. The quantitative estimate of drug-likeness (QED) is 0.808. The molecule has 106 valence electrons. The Labute approximate surface area is 109 Å². The van der Waals surface area contributed by atoms with Crippen LogP contribution < -0.4 is 0 Å². The highest BCUT2D eigenvalue weighted by molar-refractivity contribution is 5.79. The Hall–Kier alpha value is -1.69. The van der Waals surface area contributed by atoms with Gasteiger partial charge in [0.1, 0.15) is 5.75 Å². The van der Waals surface area contributed by atoms with Crippen LogP contribution in [0.4, 0.5) is 8.78 Å². The lowest BCUT2D eigenvalue weighted by molar-refractivity contribution is -0.218. The predicted molar refractivity (Wildman–Crippen MR) is 63.9 cm³/mol. The number of ether oxygens (including phenoxy) is 1. The Kier molecular flexibility index (Phi) is 4.47. The van der Waals surface area contributed by atoms with Crippen molar-refractivity contribution in [1.29, 1.82) is 0 Å². The number of hydrogen-bond acceptors (Lipinski definition) is 4. The highest BCUT2D eigenvalue weighted by Gasteiger charge is 2.59. The van der Waals surface area contributed by atoms with Crippen molar-refractivity contribution in [3.63, 3.8) is 0 Å². The number of aromatic hydroxyl groups is 1. The van der Waals surface area contributed by atoms with E-state index in [4.69, 9.17) is 5.11 Å². The summed E-state index contributed by atoms with van der Waals surface area (Å²) < 4.78 is 32.4. The summed E-state index contributed by atoms with van der Waals surface area (Å²) in [5.74, 6) is -5.97. The standard InChI is InChI=1S/C13H16F2O4/c1-3-12(18,9-5-7-10(16)8-6-9)13(14,15)11(17)19-4-2/h5-8,16,18H,3-4H2,1-2H3. The summed E-state index contributed by atoms with van der Waals surface area (Å²) in [5, 5.41) is 19.3. The monoisotopic (exact) mass is 274 g/mol. The van der Waals surface area contributed by atoms with E-state index in [9.17, 15) is 18.7 Å². The zero-order valence-electron chi connectivity index (χ0n) is 10.7. The minimum Gasteiger partial charge on any atom is -0.508 e. The van der Waals surface area contributed by atoms with E-state index in [1.807, 2.05) is 0 Å². The van der Waals surface area contributed by atoms with Crippen molar-refractivity contribution in [3.05, 3.63) is 29.8 Å². The maximum Gasteiger partial charge on any atom is 0.380 e. The van der Waals surface area contributed by atoms with Gasteiger partial charge in [-0.25, -0.2) is 4.79 Å². The van der Waals surface area contributed by atoms with Gasteiger partial charge in [0.2, 0.25) is 0 Å². The van der Waals surface area contributed by atoms with Crippen LogP contribution in [0.25, 0.3) is 0 Å². The molecular weight excluding hydrogens is 258 g/mol. The molecule has 0 aliphatic carbocycles. The Morgan fingerprint density at radius 3 is 2.21 bits per heavy atom. The van der Waals surface area contributed by atoms with Gasteiger partial charge in [0.25, 0.3) is 0 Å². The molecule has 1 aromatic rings. The number of esters is 1. The van der Waals surface area contributed by atoms with Crippen LogP contribution in [0.2, 0.25) is 0 Å². The number of rotatable bonds is 5. The van der Waals surface area contributed by atoms with Gasteiger partial charge in [-0.2, -0.15) is 8.78 Å².